The summed E-state index contributed by atoms with van der Waals surface area (Å²) in [6.07, 6.45) is 1.95. The van der Waals surface area contributed by atoms with E-state index in [9.17, 15) is 0 Å². The number of ether oxygens (including phenoxy) is 1. The van der Waals surface area contributed by atoms with E-state index in [4.69, 9.17) is 4.74 Å². The highest BCUT2D eigenvalue weighted by Gasteiger charge is 1.94. The normalized spacial score (nSPS) is 9.53. The smallest absolute Gasteiger partial charge is 0.119 e. The van der Waals surface area contributed by atoms with E-state index in [0.29, 0.717) is 0 Å². The first kappa shape index (κ1) is 13.6. The van der Waals surface area contributed by atoms with Gasteiger partial charge in [-0.15, -0.1) is 11.8 Å². The van der Waals surface area contributed by atoms with Crippen molar-refractivity contribution < 1.29 is 4.74 Å². The standard InChI is InChI=1S/C15H21NO/c1-3-5-6-11-16-13-14-7-9-15(10-8-14)17-12-4-2/h7-10,16H,4,6,11-13H2,1-2H3. The van der Waals surface area contributed by atoms with Crippen LogP contribution in [-0.2, 0) is 6.54 Å². The third-order valence-corrected chi connectivity index (χ3v) is 2.33. The van der Waals surface area contributed by atoms with Crippen molar-refractivity contribution in [2.75, 3.05) is 13.2 Å². The Morgan fingerprint density at radius 3 is 2.65 bits per heavy atom. The van der Waals surface area contributed by atoms with Crippen molar-refractivity contribution in [1.82, 2.24) is 5.32 Å². The van der Waals surface area contributed by atoms with Crippen molar-refractivity contribution in [3.05, 3.63) is 29.8 Å². The van der Waals surface area contributed by atoms with E-state index in [1.165, 1.54) is 5.56 Å². The fourth-order valence-electron chi connectivity index (χ4n) is 1.43. The maximum atomic E-state index is 5.53. The van der Waals surface area contributed by atoms with Gasteiger partial charge in [-0.2, -0.15) is 0 Å². The molecule has 2 nitrogen and oxygen atoms in total. The molecule has 0 aliphatic carbocycles. The number of nitrogens with one attached hydrogen (secondary N) is 1. The molecule has 0 fully saturated rings. The number of rotatable bonds is 7. The average Bonchev–Trinajstić information content (AvgIpc) is 2.37. The molecule has 1 aromatic rings. The molecule has 0 bridgehead atoms. The second-order valence-corrected chi connectivity index (χ2v) is 3.85. The van der Waals surface area contributed by atoms with E-state index in [1.807, 2.05) is 19.1 Å². The molecule has 92 valence electrons. The van der Waals surface area contributed by atoms with Gasteiger partial charge in [0.25, 0.3) is 0 Å². The Labute approximate surface area is 104 Å². The summed E-state index contributed by atoms with van der Waals surface area (Å²) >= 11 is 0. The Morgan fingerprint density at radius 1 is 1.24 bits per heavy atom. The van der Waals surface area contributed by atoms with E-state index in [0.717, 1.165) is 38.3 Å². The minimum atomic E-state index is 0.785. The molecule has 0 aliphatic rings. The van der Waals surface area contributed by atoms with Crippen LogP contribution in [0.4, 0.5) is 0 Å². The SMILES string of the molecule is CC#CCCNCc1ccc(OCCC)cc1. The van der Waals surface area contributed by atoms with E-state index < -0.39 is 0 Å². The van der Waals surface area contributed by atoms with Crippen molar-refractivity contribution in [3.63, 3.8) is 0 Å². The van der Waals surface area contributed by atoms with Gasteiger partial charge in [0.1, 0.15) is 5.75 Å². The summed E-state index contributed by atoms with van der Waals surface area (Å²) in [6, 6.07) is 8.25. The zero-order valence-electron chi connectivity index (χ0n) is 10.8. The predicted molar refractivity (Wildman–Crippen MR) is 72.0 cm³/mol. The average molecular weight is 231 g/mol. The van der Waals surface area contributed by atoms with Crippen molar-refractivity contribution in [2.24, 2.45) is 0 Å². The fourth-order valence-corrected chi connectivity index (χ4v) is 1.43. The highest BCUT2D eigenvalue weighted by molar-refractivity contribution is 5.27. The maximum Gasteiger partial charge on any atom is 0.119 e. The van der Waals surface area contributed by atoms with Crippen molar-refractivity contribution >= 4 is 0 Å². The summed E-state index contributed by atoms with van der Waals surface area (Å²) in [5, 5.41) is 3.36. The van der Waals surface area contributed by atoms with Crippen LogP contribution in [0.5, 0.6) is 5.75 Å². The molecule has 1 rings (SSSR count). The minimum Gasteiger partial charge on any atom is -0.494 e. The minimum absolute atomic E-state index is 0.785. The van der Waals surface area contributed by atoms with E-state index in [-0.39, 0.29) is 0 Å². The summed E-state index contributed by atoms with van der Waals surface area (Å²) in [7, 11) is 0. The van der Waals surface area contributed by atoms with Gasteiger partial charge >= 0.3 is 0 Å². The molecule has 0 amide bonds. The third kappa shape index (κ3) is 5.99. The van der Waals surface area contributed by atoms with Crippen LogP contribution in [0.1, 0.15) is 32.3 Å². The monoisotopic (exact) mass is 231 g/mol. The Balaban J connectivity index is 2.26. The Hall–Kier alpha value is -1.46. The lowest BCUT2D eigenvalue weighted by Gasteiger charge is -2.06. The lowest BCUT2D eigenvalue weighted by atomic mass is 10.2. The van der Waals surface area contributed by atoms with E-state index in [2.05, 4.69) is 36.2 Å². The van der Waals surface area contributed by atoms with Crippen LogP contribution in [0.25, 0.3) is 0 Å². The molecule has 2 heteroatoms. The lowest BCUT2D eigenvalue weighted by Crippen LogP contribution is -2.14. The quantitative estimate of drug-likeness (QED) is 0.575. The summed E-state index contributed by atoms with van der Waals surface area (Å²) in [4.78, 5) is 0. The molecule has 0 radical (unpaired) electrons. The predicted octanol–water partition coefficient (Wildman–Crippen LogP) is 2.98. The van der Waals surface area contributed by atoms with Crippen molar-refractivity contribution in [1.29, 1.82) is 0 Å². The fraction of sp³-hybridized carbons (Fsp3) is 0.467. The van der Waals surface area contributed by atoms with Crippen LogP contribution in [0.3, 0.4) is 0 Å². The topological polar surface area (TPSA) is 21.3 Å². The van der Waals surface area contributed by atoms with Crippen LogP contribution in [0.2, 0.25) is 0 Å². The first-order valence-corrected chi connectivity index (χ1v) is 6.19. The van der Waals surface area contributed by atoms with Gasteiger partial charge in [0.05, 0.1) is 6.61 Å². The van der Waals surface area contributed by atoms with Gasteiger partial charge in [0.2, 0.25) is 0 Å². The van der Waals surface area contributed by atoms with E-state index >= 15 is 0 Å². The second-order valence-electron chi connectivity index (χ2n) is 3.85. The van der Waals surface area contributed by atoms with Gasteiger partial charge < -0.3 is 10.1 Å². The molecule has 0 aliphatic heterocycles. The molecule has 0 atom stereocenters. The number of hydrogen-bond acceptors (Lipinski definition) is 2. The second kappa shape index (κ2) is 8.66. The molecule has 0 saturated carbocycles. The third-order valence-electron chi connectivity index (χ3n) is 2.33. The number of hydrogen-bond donors (Lipinski definition) is 1. The molecule has 17 heavy (non-hydrogen) atoms. The van der Waals surface area contributed by atoms with Gasteiger partial charge in [-0.3, -0.25) is 0 Å². The molecular formula is C15H21NO. The Bertz CT molecular complexity index is 359. The summed E-state index contributed by atoms with van der Waals surface area (Å²) in [6.45, 7) is 6.59. The van der Waals surface area contributed by atoms with Crippen LogP contribution in [0.15, 0.2) is 24.3 Å². The van der Waals surface area contributed by atoms with Gasteiger partial charge in [0, 0.05) is 19.5 Å². The molecule has 0 aromatic heterocycles. The first-order valence-electron chi connectivity index (χ1n) is 6.19. The largest absolute Gasteiger partial charge is 0.494 e. The Kier molecular flexibility index (Phi) is 6.93. The van der Waals surface area contributed by atoms with Gasteiger partial charge in [-0.25, -0.2) is 0 Å². The molecule has 0 saturated heterocycles. The maximum absolute atomic E-state index is 5.53. The molecule has 0 unspecified atom stereocenters. The van der Waals surface area contributed by atoms with Crippen LogP contribution in [0, 0.1) is 11.8 Å². The van der Waals surface area contributed by atoms with Crippen LogP contribution < -0.4 is 10.1 Å². The zero-order valence-corrected chi connectivity index (χ0v) is 10.8. The van der Waals surface area contributed by atoms with Crippen molar-refractivity contribution in [2.45, 2.75) is 33.2 Å². The molecule has 0 spiro atoms. The highest BCUT2D eigenvalue weighted by Crippen LogP contribution is 2.12. The molecule has 1 N–H and O–H groups in total. The Morgan fingerprint density at radius 2 is 2.00 bits per heavy atom. The lowest BCUT2D eigenvalue weighted by molar-refractivity contribution is 0.317. The van der Waals surface area contributed by atoms with E-state index in [1.54, 1.807) is 0 Å². The summed E-state index contributed by atoms with van der Waals surface area (Å²) in [5.74, 6) is 6.87. The van der Waals surface area contributed by atoms with Crippen LogP contribution >= 0.6 is 0 Å². The zero-order chi connectivity index (χ0) is 12.3. The molecule has 0 heterocycles. The van der Waals surface area contributed by atoms with Crippen molar-refractivity contribution in [3.8, 4) is 17.6 Å². The van der Waals surface area contributed by atoms with Gasteiger partial charge in [0.15, 0.2) is 0 Å². The summed E-state index contributed by atoms with van der Waals surface area (Å²) < 4.78 is 5.53. The summed E-state index contributed by atoms with van der Waals surface area (Å²) in [5.41, 5.74) is 1.28. The van der Waals surface area contributed by atoms with Gasteiger partial charge in [-0.05, 0) is 31.0 Å². The van der Waals surface area contributed by atoms with Crippen LogP contribution in [-0.4, -0.2) is 13.2 Å². The molecule has 1 aromatic carbocycles. The highest BCUT2D eigenvalue weighted by atomic mass is 16.5. The number of benzene rings is 1. The first-order chi connectivity index (χ1) is 8.36. The molecular weight excluding hydrogens is 210 g/mol. The van der Waals surface area contributed by atoms with Gasteiger partial charge in [-0.1, -0.05) is 19.1 Å².